The van der Waals surface area contributed by atoms with Crippen LogP contribution in [0.15, 0.2) is 54.6 Å². The molecule has 0 spiro atoms. The molecule has 1 amide bonds. The molecule has 1 heterocycles. The number of carbonyl (C=O) groups excluding carboxylic acids is 1. The quantitative estimate of drug-likeness (QED) is 0.679. The van der Waals surface area contributed by atoms with Crippen molar-refractivity contribution >= 4 is 35.0 Å². The first-order valence-electron chi connectivity index (χ1n) is 7.27. The molecule has 5 heteroatoms. The number of hydrogen-bond donors (Lipinski definition) is 1. The molecule has 2 aromatic carbocycles. The number of amides is 1. The molecule has 116 valence electrons. The molecule has 1 aliphatic rings. The topological polar surface area (TPSA) is 32.3 Å². The SMILES string of the molecule is O=C(/C=C/c1ccc(F)cc1)NC(=S)N1CCc2ccccc21. The molecule has 0 fully saturated rings. The molecule has 0 radical (unpaired) electrons. The summed E-state index contributed by atoms with van der Waals surface area (Å²) in [6.45, 7) is 0.764. The van der Waals surface area contributed by atoms with E-state index >= 15 is 0 Å². The molecule has 0 unspecified atom stereocenters. The van der Waals surface area contributed by atoms with Gasteiger partial charge in [-0.15, -0.1) is 0 Å². The normalized spacial score (nSPS) is 13.2. The first-order chi connectivity index (χ1) is 11.1. The average Bonchev–Trinajstić information content (AvgIpc) is 2.98. The van der Waals surface area contributed by atoms with Crippen LogP contribution >= 0.6 is 12.2 Å². The van der Waals surface area contributed by atoms with Crippen LogP contribution in [0.1, 0.15) is 11.1 Å². The molecule has 0 bridgehead atoms. The number of anilines is 1. The summed E-state index contributed by atoms with van der Waals surface area (Å²) < 4.78 is 12.8. The molecule has 0 saturated heterocycles. The fourth-order valence-corrected chi connectivity index (χ4v) is 2.80. The number of benzene rings is 2. The van der Waals surface area contributed by atoms with E-state index in [9.17, 15) is 9.18 Å². The van der Waals surface area contributed by atoms with Crippen LogP contribution in [0.4, 0.5) is 10.1 Å². The maximum absolute atomic E-state index is 12.8. The van der Waals surface area contributed by atoms with Crippen molar-refractivity contribution in [2.75, 3.05) is 11.4 Å². The summed E-state index contributed by atoms with van der Waals surface area (Å²) in [6.07, 6.45) is 3.93. The predicted octanol–water partition coefficient (Wildman–Crippen LogP) is 3.30. The van der Waals surface area contributed by atoms with Crippen LogP contribution in [-0.4, -0.2) is 17.6 Å². The molecular weight excluding hydrogens is 311 g/mol. The molecule has 0 aliphatic carbocycles. The average molecular weight is 326 g/mol. The summed E-state index contributed by atoms with van der Waals surface area (Å²) in [4.78, 5) is 13.9. The molecule has 0 saturated carbocycles. The van der Waals surface area contributed by atoms with Crippen molar-refractivity contribution in [3.8, 4) is 0 Å². The zero-order valence-corrected chi connectivity index (χ0v) is 13.1. The highest BCUT2D eigenvalue weighted by Crippen LogP contribution is 2.27. The monoisotopic (exact) mass is 326 g/mol. The Kier molecular flexibility index (Phi) is 4.48. The lowest BCUT2D eigenvalue weighted by molar-refractivity contribution is -0.115. The highest BCUT2D eigenvalue weighted by Gasteiger charge is 2.22. The van der Waals surface area contributed by atoms with Crippen molar-refractivity contribution in [2.24, 2.45) is 0 Å². The second-order valence-corrected chi connectivity index (χ2v) is 5.60. The number of nitrogens with zero attached hydrogens (tertiary/aromatic N) is 1. The van der Waals surface area contributed by atoms with Gasteiger partial charge in [-0.05, 0) is 54.0 Å². The number of rotatable bonds is 2. The first kappa shape index (κ1) is 15.4. The molecule has 1 aliphatic heterocycles. The molecule has 23 heavy (non-hydrogen) atoms. The van der Waals surface area contributed by atoms with Crippen LogP contribution in [0.3, 0.4) is 0 Å². The van der Waals surface area contributed by atoms with Crippen molar-refractivity contribution in [3.63, 3.8) is 0 Å². The zero-order valence-electron chi connectivity index (χ0n) is 12.3. The van der Waals surface area contributed by atoms with Crippen LogP contribution in [0.2, 0.25) is 0 Å². The van der Waals surface area contributed by atoms with Gasteiger partial charge in [0.15, 0.2) is 5.11 Å². The van der Waals surface area contributed by atoms with Gasteiger partial charge >= 0.3 is 0 Å². The second kappa shape index (κ2) is 6.71. The Hall–Kier alpha value is -2.53. The van der Waals surface area contributed by atoms with E-state index in [-0.39, 0.29) is 11.7 Å². The summed E-state index contributed by atoms with van der Waals surface area (Å²) in [5.41, 5.74) is 3.02. The van der Waals surface area contributed by atoms with Crippen molar-refractivity contribution < 1.29 is 9.18 Å². The Bertz CT molecular complexity index is 771. The minimum atomic E-state index is -0.305. The first-order valence-corrected chi connectivity index (χ1v) is 7.68. The Balaban J connectivity index is 1.62. The summed E-state index contributed by atoms with van der Waals surface area (Å²) in [5, 5.41) is 3.09. The maximum Gasteiger partial charge on any atom is 0.250 e. The van der Waals surface area contributed by atoms with E-state index in [1.165, 1.54) is 23.8 Å². The molecule has 0 atom stereocenters. The third-order valence-electron chi connectivity index (χ3n) is 3.66. The van der Waals surface area contributed by atoms with Gasteiger partial charge in [-0.1, -0.05) is 30.3 Å². The number of carbonyl (C=O) groups is 1. The third-order valence-corrected chi connectivity index (χ3v) is 3.98. The molecular formula is C18H15FN2OS. The number of halogens is 1. The minimum Gasteiger partial charge on any atom is -0.318 e. The van der Waals surface area contributed by atoms with Crippen LogP contribution in [-0.2, 0) is 11.2 Å². The lowest BCUT2D eigenvalue weighted by atomic mass is 10.2. The van der Waals surface area contributed by atoms with Crippen molar-refractivity contribution in [1.82, 2.24) is 5.32 Å². The van der Waals surface area contributed by atoms with Gasteiger partial charge in [-0.3, -0.25) is 10.1 Å². The third kappa shape index (κ3) is 3.63. The number of nitrogens with one attached hydrogen (secondary N) is 1. The van der Waals surface area contributed by atoms with Crippen LogP contribution in [0.25, 0.3) is 6.08 Å². The lowest BCUT2D eigenvalue weighted by Crippen LogP contribution is -2.41. The number of para-hydroxylation sites is 1. The minimum absolute atomic E-state index is 0.302. The van der Waals surface area contributed by atoms with Gasteiger partial charge in [0, 0.05) is 18.3 Å². The van der Waals surface area contributed by atoms with Gasteiger partial charge in [-0.25, -0.2) is 4.39 Å². The van der Waals surface area contributed by atoms with Crippen LogP contribution < -0.4 is 10.2 Å². The van der Waals surface area contributed by atoms with E-state index in [1.807, 2.05) is 23.1 Å². The van der Waals surface area contributed by atoms with E-state index in [0.29, 0.717) is 5.11 Å². The highest BCUT2D eigenvalue weighted by molar-refractivity contribution is 7.80. The maximum atomic E-state index is 12.8. The molecule has 2 aromatic rings. The molecule has 3 nitrogen and oxygen atoms in total. The Morgan fingerprint density at radius 1 is 1.17 bits per heavy atom. The van der Waals surface area contributed by atoms with E-state index in [1.54, 1.807) is 18.2 Å². The van der Waals surface area contributed by atoms with Gasteiger partial charge in [0.1, 0.15) is 5.82 Å². The summed E-state index contributed by atoms with van der Waals surface area (Å²) >= 11 is 5.32. The Labute approximate surface area is 139 Å². The fourth-order valence-electron chi connectivity index (χ4n) is 2.51. The largest absolute Gasteiger partial charge is 0.318 e. The lowest BCUT2D eigenvalue weighted by Gasteiger charge is -2.19. The van der Waals surface area contributed by atoms with Gasteiger partial charge in [0.25, 0.3) is 0 Å². The summed E-state index contributed by atoms with van der Waals surface area (Å²) in [5.74, 6) is -0.607. The van der Waals surface area contributed by atoms with E-state index in [0.717, 1.165) is 24.2 Å². The van der Waals surface area contributed by atoms with Crippen molar-refractivity contribution in [3.05, 3.63) is 71.6 Å². The van der Waals surface area contributed by atoms with Crippen molar-refractivity contribution in [1.29, 1.82) is 0 Å². The van der Waals surface area contributed by atoms with Crippen molar-refractivity contribution in [2.45, 2.75) is 6.42 Å². The molecule has 0 aromatic heterocycles. The fraction of sp³-hybridized carbons (Fsp3) is 0.111. The Morgan fingerprint density at radius 2 is 1.91 bits per heavy atom. The smallest absolute Gasteiger partial charge is 0.250 e. The predicted molar refractivity (Wildman–Crippen MR) is 93.7 cm³/mol. The van der Waals surface area contributed by atoms with Crippen LogP contribution in [0.5, 0.6) is 0 Å². The molecule has 3 rings (SSSR count). The van der Waals surface area contributed by atoms with Gasteiger partial charge in [0.2, 0.25) is 5.91 Å². The van der Waals surface area contributed by atoms with E-state index in [4.69, 9.17) is 12.2 Å². The Morgan fingerprint density at radius 3 is 2.70 bits per heavy atom. The van der Waals surface area contributed by atoms with E-state index < -0.39 is 0 Å². The summed E-state index contributed by atoms with van der Waals surface area (Å²) in [7, 11) is 0. The number of thiocarbonyl (C=S) groups is 1. The highest BCUT2D eigenvalue weighted by atomic mass is 32.1. The zero-order chi connectivity index (χ0) is 16.2. The standard InChI is InChI=1S/C18H15FN2OS/c19-15-8-5-13(6-9-15)7-10-17(22)20-18(23)21-12-11-14-3-1-2-4-16(14)21/h1-10H,11-12H2,(H,20,22,23)/b10-7+. The number of fused-ring (bicyclic) bond motifs is 1. The van der Waals surface area contributed by atoms with Gasteiger partial charge in [-0.2, -0.15) is 0 Å². The number of hydrogen-bond acceptors (Lipinski definition) is 2. The molecule has 1 N–H and O–H groups in total. The van der Waals surface area contributed by atoms with Crippen LogP contribution in [0, 0.1) is 5.82 Å². The van der Waals surface area contributed by atoms with E-state index in [2.05, 4.69) is 11.4 Å². The second-order valence-electron chi connectivity index (χ2n) is 5.21. The van der Waals surface area contributed by atoms with Gasteiger partial charge in [0.05, 0.1) is 0 Å². The van der Waals surface area contributed by atoms with Gasteiger partial charge < -0.3 is 4.90 Å². The summed E-state index contributed by atoms with van der Waals surface area (Å²) in [6, 6.07) is 13.9.